The van der Waals surface area contributed by atoms with E-state index in [9.17, 15) is 9.90 Å². The molecule has 0 amide bonds. The van der Waals surface area contributed by atoms with Crippen LogP contribution in [-0.2, 0) is 0 Å². The third-order valence-electron chi connectivity index (χ3n) is 2.85. The van der Waals surface area contributed by atoms with Crippen molar-refractivity contribution in [2.75, 3.05) is 0 Å². The van der Waals surface area contributed by atoms with E-state index in [4.69, 9.17) is 23.2 Å². The van der Waals surface area contributed by atoms with Crippen LogP contribution in [0.5, 0.6) is 5.88 Å². The van der Waals surface area contributed by atoms with Crippen LogP contribution in [-0.4, -0.2) is 15.1 Å². The lowest BCUT2D eigenvalue weighted by Gasteiger charge is -2.06. The van der Waals surface area contributed by atoms with Gasteiger partial charge in [-0.1, -0.05) is 41.4 Å². The summed E-state index contributed by atoms with van der Waals surface area (Å²) < 4.78 is 0.572. The minimum Gasteiger partial charge on any atom is -0.493 e. The second-order valence-corrected chi connectivity index (χ2v) is 6.32. The second-order valence-electron chi connectivity index (χ2n) is 4.20. The number of nitrogens with one attached hydrogen (secondary N) is 1. The smallest absolute Gasteiger partial charge is 0.263 e. The van der Waals surface area contributed by atoms with Gasteiger partial charge in [0.2, 0.25) is 5.88 Å². The number of halogens is 2. The van der Waals surface area contributed by atoms with Gasteiger partial charge >= 0.3 is 0 Å². The van der Waals surface area contributed by atoms with Gasteiger partial charge < -0.3 is 10.1 Å². The molecule has 0 spiro atoms. The Hall–Kier alpha value is -1.82. The van der Waals surface area contributed by atoms with Crippen molar-refractivity contribution < 1.29 is 5.11 Å². The lowest BCUT2D eigenvalue weighted by atomic mass is 10.1. The predicted octanol–water partition coefficient (Wildman–Crippen LogP) is 4.18. The largest absolute Gasteiger partial charge is 0.493 e. The number of hydrogen-bond donors (Lipinski definition) is 2. The van der Waals surface area contributed by atoms with Gasteiger partial charge in [0.25, 0.3) is 5.56 Å². The van der Waals surface area contributed by atoms with E-state index in [0.29, 0.717) is 19.8 Å². The Morgan fingerprint density at radius 2 is 1.90 bits per heavy atom. The maximum Gasteiger partial charge on any atom is 0.263 e. The Labute approximate surface area is 133 Å². The highest BCUT2D eigenvalue weighted by Crippen LogP contribution is 2.33. The first kappa shape index (κ1) is 14.1. The van der Waals surface area contributed by atoms with E-state index < -0.39 is 5.56 Å². The third kappa shape index (κ3) is 2.68. The number of rotatable bonds is 2. The summed E-state index contributed by atoms with van der Waals surface area (Å²) in [6.45, 7) is 0. The molecular formula is C14H8Cl2N2O2S. The molecule has 0 aliphatic rings. The fourth-order valence-corrected chi connectivity index (χ4v) is 3.14. The van der Waals surface area contributed by atoms with Crippen LogP contribution in [0.4, 0.5) is 0 Å². The third-order valence-corrected chi connectivity index (χ3v) is 4.42. The molecule has 3 rings (SSSR count). The molecule has 106 valence electrons. The van der Waals surface area contributed by atoms with E-state index in [0.717, 1.165) is 0 Å². The molecule has 0 radical (unpaired) electrons. The fraction of sp³-hybridized carbons (Fsp3) is 0. The molecule has 2 aromatic heterocycles. The van der Waals surface area contributed by atoms with Gasteiger partial charge in [-0.05, 0) is 18.2 Å². The van der Waals surface area contributed by atoms with Crippen LogP contribution in [0.3, 0.4) is 0 Å². The summed E-state index contributed by atoms with van der Waals surface area (Å²) in [6.07, 6.45) is 0. The van der Waals surface area contributed by atoms with Gasteiger partial charge in [-0.15, -0.1) is 11.3 Å². The zero-order valence-electron chi connectivity index (χ0n) is 10.4. The molecule has 3 aromatic rings. The lowest BCUT2D eigenvalue weighted by molar-refractivity contribution is 0.454. The summed E-state index contributed by atoms with van der Waals surface area (Å²) in [7, 11) is 0. The summed E-state index contributed by atoms with van der Waals surface area (Å²) in [5.74, 6) is -0.100. The molecule has 7 heteroatoms. The van der Waals surface area contributed by atoms with Crippen molar-refractivity contribution in [1.29, 1.82) is 0 Å². The van der Waals surface area contributed by atoms with Crippen LogP contribution < -0.4 is 5.56 Å². The summed E-state index contributed by atoms with van der Waals surface area (Å²) in [5, 5.41) is 10.5. The first-order valence-corrected chi connectivity index (χ1v) is 7.47. The molecular weight excluding hydrogens is 331 g/mol. The number of aromatic amines is 1. The van der Waals surface area contributed by atoms with Crippen LogP contribution in [0.1, 0.15) is 0 Å². The Morgan fingerprint density at radius 3 is 2.52 bits per heavy atom. The molecule has 0 fully saturated rings. The Bertz CT molecular complexity index is 873. The number of nitrogens with zero attached hydrogens (tertiary/aromatic N) is 1. The second kappa shape index (κ2) is 5.52. The van der Waals surface area contributed by atoms with Crippen molar-refractivity contribution in [3.8, 4) is 27.7 Å². The van der Waals surface area contributed by atoms with Crippen molar-refractivity contribution >= 4 is 34.5 Å². The standard InChI is InChI=1S/C14H8Cl2N2O2S/c15-8-4-2-1-3-7(8)11-13(19)17-12(18-14(11)20)9-5-6-10(16)21-9/h1-6H,(H2,17,18,19,20). The number of benzene rings is 1. The lowest BCUT2D eigenvalue weighted by Crippen LogP contribution is -2.12. The number of thiophene rings is 1. The number of aromatic hydroxyl groups is 1. The molecule has 1 aromatic carbocycles. The van der Waals surface area contributed by atoms with Gasteiger partial charge in [-0.25, -0.2) is 0 Å². The number of aromatic nitrogens is 2. The van der Waals surface area contributed by atoms with Crippen LogP contribution >= 0.6 is 34.5 Å². The molecule has 0 aliphatic carbocycles. The van der Waals surface area contributed by atoms with Gasteiger partial charge in [0, 0.05) is 10.6 Å². The van der Waals surface area contributed by atoms with Gasteiger partial charge in [-0.2, -0.15) is 4.98 Å². The highest BCUT2D eigenvalue weighted by Gasteiger charge is 2.16. The first-order chi connectivity index (χ1) is 10.1. The van der Waals surface area contributed by atoms with E-state index in [1.165, 1.54) is 11.3 Å². The molecule has 4 nitrogen and oxygen atoms in total. The summed E-state index contributed by atoms with van der Waals surface area (Å²) in [6, 6.07) is 10.2. The highest BCUT2D eigenvalue weighted by molar-refractivity contribution is 7.19. The van der Waals surface area contributed by atoms with Crippen LogP contribution in [0.2, 0.25) is 9.36 Å². The molecule has 0 atom stereocenters. The van der Waals surface area contributed by atoms with Crippen molar-refractivity contribution in [1.82, 2.24) is 9.97 Å². The molecule has 2 heterocycles. The quantitative estimate of drug-likeness (QED) is 0.736. The number of hydrogen-bond acceptors (Lipinski definition) is 4. The Balaban J connectivity index is 2.18. The van der Waals surface area contributed by atoms with E-state index in [1.807, 2.05) is 0 Å². The minimum atomic E-state index is -0.463. The monoisotopic (exact) mass is 338 g/mol. The van der Waals surface area contributed by atoms with Gasteiger partial charge in [0.15, 0.2) is 5.82 Å². The van der Waals surface area contributed by atoms with Gasteiger partial charge in [0.05, 0.1) is 9.21 Å². The molecule has 0 aliphatic heterocycles. The Morgan fingerprint density at radius 1 is 1.14 bits per heavy atom. The fourth-order valence-electron chi connectivity index (χ4n) is 1.93. The molecule has 0 saturated carbocycles. The maximum absolute atomic E-state index is 12.3. The maximum atomic E-state index is 12.3. The van der Waals surface area contributed by atoms with Crippen molar-refractivity contribution in [3.05, 3.63) is 56.1 Å². The SMILES string of the molecule is O=c1[nH]c(-c2ccc(Cl)s2)nc(O)c1-c1ccccc1Cl. The average Bonchev–Trinajstić information content (AvgIpc) is 2.87. The van der Waals surface area contributed by atoms with Gasteiger partial charge in [0.1, 0.15) is 5.56 Å². The van der Waals surface area contributed by atoms with Crippen molar-refractivity contribution in [2.24, 2.45) is 0 Å². The molecule has 0 unspecified atom stereocenters. The van der Waals surface area contributed by atoms with Gasteiger partial charge in [-0.3, -0.25) is 4.79 Å². The summed E-state index contributed by atoms with van der Waals surface area (Å²) in [5.41, 5.74) is 0.0169. The minimum absolute atomic E-state index is 0.0482. The average molecular weight is 339 g/mol. The summed E-state index contributed by atoms with van der Waals surface area (Å²) >= 11 is 13.2. The number of H-pyrrole nitrogens is 1. The zero-order valence-corrected chi connectivity index (χ0v) is 12.8. The van der Waals surface area contributed by atoms with Crippen molar-refractivity contribution in [3.63, 3.8) is 0 Å². The molecule has 21 heavy (non-hydrogen) atoms. The Kier molecular flexibility index (Phi) is 3.71. The molecule has 2 N–H and O–H groups in total. The van der Waals surface area contributed by atoms with E-state index >= 15 is 0 Å². The van der Waals surface area contributed by atoms with E-state index in [2.05, 4.69) is 9.97 Å². The van der Waals surface area contributed by atoms with Crippen LogP contribution in [0, 0.1) is 0 Å². The molecule has 0 bridgehead atoms. The first-order valence-electron chi connectivity index (χ1n) is 5.90. The topological polar surface area (TPSA) is 66.0 Å². The predicted molar refractivity (Wildman–Crippen MR) is 85.3 cm³/mol. The molecule has 0 saturated heterocycles. The highest BCUT2D eigenvalue weighted by atomic mass is 35.5. The van der Waals surface area contributed by atoms with Crippen LogP contribution in [0.25, 0.3) is 21.8 Å². The van der Waals surface area contributed by atoms with E-state index in [-0.39, 0.29) is 17.3 Å². The zero-order chi connectivity index (χ0) is 15.0. The van der Waals surface area contributed by atoms with E-state index in [1.54, 1.807) is 36.4 Å². The normalized spacial score (nSPS) is 10.8. The summed E-state index contributed by atoms with van der Waals surface area (Å²) in [4.78, 5) is 19.6. The van der Waals surface area contributed by atoms with Crippen molar-refractivity contribution in [2.45, 2.75) is 0 Å². The van der Waals surface area contributed by atoms with Crippen LogP contribution in [0.15, 0.2) is 41.2 Å².